The first kappa shape index (κ1) is 12.6. The zero-order valence-corrected chi connectivity index (χ0v) is 9.73. The van der Waals surface area contributed by atoms with E-state index in [-0.39, 0.29) is 18.9 Å². The summed E-state index contributed by atoms with van der Waals surface area (Å²) in [5.41, 5.74) is 0. The van der Waals surface area contributed by atoms with Gasteiger partial charge in [0.15, 0.2) is 0 Å². The quantitative estimate of drug-likeness (QED) is 0.612. The minimum atomic E-state index is 0. The van der Waals surface area contributed by atoms with Gasteiger partial charge >= 0.3 is 18.9 Å². The van der Waals surface area contributed by atoms with Gasteiger partial charge in [-0.05, 0) is 25.7 Å². The minimum absolute atomic E-state index is 0. The summed E-state index contributed by atoms with van der Waals surface area (Å²) < 4.78 is 0. The topological polar surface area (TPSA) is 12.0 Å². The molecule has 0 aliphatic heterocycles. The van der Waals surface area contributed by atoms with E-state index in [4.69, 9.17) is 0 Å². The van der Waals surface area contributed by atoms with Crippen LogP contribution in [0, 0.1) is 0 Å². The van der Waals surface area contributed by atoms with Crippen LogP contribution < -0.4 is 24.2 Å². The molecule has 0 unspecified atom stereocenters. The Balaban J connectivity index is 0.000000980. The molecular weight excluding hydrogens is 165 g/mol. The molecule has 76 valence electrons. The van der Waals surface area contributed by atoms with Crippen molar-refractivity contribution in [2.24, 2.45) is 0 Å². The van der Waals surface area contributed by atoms with Crippen molar-refractivity contribution >= 4 is 0 Å². The maximum atomic E-state index is 3.86. The fourth-order valence-corrected chi connectivity index (χ4v) is 2.87. The van der Waals surface area contributed by atoms with Crippen LogP contribution in [0.25, 0.3) is 0 Å². The molecule has 0 saturated heterocycles. The Labute approximate surface area is 101 Å². The monoisotopic (exact) mass is 188 g/mol. The standard InChI is InChI=1S/C12H23N.Li/c1-3-7-11(8-4-1)13-12-9-5-2-6-10-12;/h11-13H,1-10H2;/q;+1. The first-order chi connectivity index (χ1) is 6.45. The maximum Gasteiger partial charge on any atom is 1.00 e. The first-order valence-corrected chi connectivity index (χ1v) is 6.21. The molecule has 14 heavy (non-hydrogen) atoms. The Morgan fingerprint density at radius 2 is 0.929 bits per heavy atom. The molecule has 0 aromatic carbocycles. The third kappa shape index (κ3) is 3.97. The van der Waals surface area contributed by atoms with Crippen LogP contribution in [0.3, 0.4) is 0 Å². The van der Waals surface area contributed by atoms with Gasteiger partial charge in [0.25, 0.3) is 0 Å². The van der Waals surface area contributed by atoms with Crippen molar-refractivity contribution in [3.63, 3.8) is 0 Å². The Hall–Kier alpha value is 0.557. The number of hydrogen-bond donors (Lipinski definition) is 1. The van der Waals surface area contributed by atoms with Crippen LogP contribution in [0.4, 0.5) is 0 Å². The van der Waals surface area contributed by atoms with Crippen LogP contribution in [0.5, 0.6) is 0 Å². The molecule has 0 spiro atoms. The summed E-state index contributed by atoms with van der Waals surface area (Å²) in [6.45, 7) is 0. The molecule has 1 nitrogen and oxygen atoms in total. The maximum absolute atomic E-state index is 3.86. The third-order valence-corrected chi connectivity index (χ3v) is 3.68. The zero-order chi connectivity index (χ0) is 8.93. The molecule has 0 atom stereocenters. The minimum Gasteiger partial charge on any atom is -0.311 e. The van der Waals surface area contributed by atoms with Crippen LogP contribution in [0.1, 0.15) is 64.2 Å². The molecule has 0 amide bonds. The zero-order valence-electron chi connectivity index (χ0n) is 9.73. The van der Waals surface area contributed by atoms with E-state index in [9.17, 15) is 0 Å². The summed E-state index contributed by atoms with van der Waals surface area (Å²) in [6.07, 6.45) is 14.6. The molecule has 2 heteroatoms. The van der Waals surface area contributed by atoms with Crippen LogP contribution in [-0.4, -0.2) is 12.1 Å². The van der Waals surface area contributed by atoms with Crippen LogP contribution in [0.15, 0.2) is 0 Å². The number of hydrogen-bond acceptors (Lipinski definition) is 1. The molecule has 0 aromatic heterocycles. The summed E-state index contributed by atoms with van der Waals surface area (Å²) in [5.74, 6) is 0. The molecule has 0 radical (unpaired) electrons. The molecule has 0 aromatic rings. The molecule has 1 N–H and O–H groups in total. The van der Waals surface area contributed by atoms with E-state index in [1.807, 2.05) is 0 Å². The third-order valence-electron chi connectivity index (χ3n) is 3.68. The van der Waals surface area contributed by atoms with E-state index in [0.717, 1.165) is 12.1 Å². The predicted octanol–water partition coefficient (Wildman–Crippen LogP) is 0.245. The van der Waals surface area contributed by atoms with Crippen molar-refractivity contribution in [1.29, 1.82) is 0 Å². The second-order valence-corrected chi connectivity index (χ2v) is 4.84. The molecule has 2 aliphatic carbocycles. The molecule has 0 heterocycles. The summed E-state index contributed by atoms with van der Waals surface area (Å²) >= 11 is 0. The van der Waals surface area contributed by atoms with Crippen molar-refractivity contribution in [3.8, 4) is 0 Å². The van der Waals surface area contributed by atoms with Gasteiger partial charge in [-0.3, -0.25) is 0 Å². The van der Waals surface area contributed by atoms with Gasteiger partial charge in [0.05, 0.1) is 0 Å². The van der Waals surface area contributed by atoms with Gasteiger partial charge in [0.1, 0.15) is 0 Å². The Morgan fingerprint density at radius 1 is 0.571 bits per heavy atom. The van der Waals surface area contributed by atoms with Crippen molar-refractivity contribution in [2.75, 3.05) is 0 Å². The van der Waals surface area contributed by atoms with Crippen LogP contribution >= 0.6 is 0 Å². The van der Waals surface area contributed by atoms with Crippen molar-refractivity contribution in [3.05, 3.63) is 0 Å². The fourth-order valence-electron chi connectivity index (χ4n) is 2.87. The van der Waals surface area contributed by atoms with Crippen LogP contribution in [-0.2, 0) is 0 Å². The van der Waals surface area contributed by atoms with Gasteiger partial charge in [0.2, 0.25) is 0 Å². The molecule has 2 aliphatic rings. The van der Waals surface area contributed by atoms with Gasteiger partial charge in [-0.15, -0.1) is 0 Å². The van der Waals surface area contributed by atoms with E-state index < -0.39 is 0 Å². The van der Waals surface area contributed by atoms with Crippen LogP contribution in [0.2, 0.25) is 0 Å². The normalized spacial score (nSPS) is 25.7. The Morgan fingerprint density at radius 3 is 1.29 bits per heavy atom. The number of rotatable bonds is 2. The van der Waals surface area contributed by atoms with E-state index >= 15 is 0 Å². The molecule has 2 rings (SSSR count). The second-order valence-electron chi connectivity index (χ2n) is 4.84. The Bertz CT molecular complexity index is 121. The average Bonchev–Trinajstić information content (AvgIpc) is 2.21. The van der Waals surface area contributed by atoms with E-state index in [1.165, 1.54) is 64.2 Å². The van der Waals surface area contributed by atoms with Gasteiger partial charge in [-0.1, -0.05) is 38.5 Å². The predicted molar refractivity (Wildman–Crippen MR) is 56.9 cm³/mol. The van der Waals surface area contributed by atoms with E-state index in [2.05, 4.69) is 5.32 Å². The molecule has 2 saturated carbocycles. The van der Waals surface area contributed by atoms with E-state index in [1.54, 1.807) is 0 Å². The summed E-state index contributed by atoms with van der Waals surface area (Å²) in [5, 5.41) is 3.86. The van der Waals surface area contributed by atoms with Gasteiger partial charge < -0.3 is 5.32 Å². The SMILES string of the molecule is C1CCC(NC2CCCCC2)CC1.[Li+]. The van der Waals surface area contributed by atoms with Gasteiger partial charge in [-0.25, -0.2) is 0 Å². The molecule has 2 fully saturated rings. The smallest absolute Gasteiger partial charge is 0.311 e. The van der Waals surface area contributed by atoms with Gasteiger partial charge in [-0.2, -0.15) is 0 Å². The van der Waals surface area contributed by atoms with Crippen molar-refractivity contribution in [1.82, 2.24) is 5.32 Å². The average molecular weight is 188 g/mol. The first-order valence-electron chi connectivity index (χ1n) is 6.21. The summed E-state index contributed by atoms with van der Waals surface area (Å²) in [6, 6.07) is 1.74. The second kappa shape index (κ2) is 6.94. The Kier molecular flexibility index (Phi) is 6.25. The molecular formula is C12H23LiN+. The largest absolute Gasteiger partial charge is 1.00 e. The number of nitrogens with one attached hydrogen (secondary N) is 1. The van der Waals surface area contributed by atoms with E-state index in [0.29, 0.717) is 0 Å². The molecule has 0 bridgehead atoms. The van der Waals surface area contributed by atoms with Crippen molar-refractivity contribution in [2.45, 2.75) is 76.3 Å². The fraction of sp³-hybridized carbons (Fsp3) is 1.00. The summed E-state index contributed by atoms with van der Waals surface area (Å²) in [4.78, 5) is 0. The summed E-state index contributed by atoms with van der Waals surface area (Å²) in [7, 11) is 0. The van der Waals surface area contributed by atoms with Crippen molar-refractivity contribution < 1.29 is 18.9 Å². The van der Waals surface area contributed by atoms with Gasteiger partial charge in [0, 0.05) is 12.1 Å².